The van der Waals surface area contributed by atoms with Crippen molar-refractivity contribution in [1.29, 1.82) is 0 Å². The van der Waals surface area contributed by atoms with Crippen LogP contribution in [0.4, 0.5) is 0 Å². The van der Waals surface area contributed by atoms with E-state index in [1.165, 1.54) is 13.8 Å². The maximum atomic E-state index is 9.44. The zero-order valence-corrected chi connectivity index (χ0v) is 6.81. The van der Waals surface area contributed by atoms with Crippen molar-refractivity contribution in [2.75, 3.05) is 0 Å². The van der Waals surface area contributed by atoms with Crippen molar-refractivity contribution in [1.82, 2.24) is 0 Å². The second-order valence-electron chi connectivity index (χ2n) is 0.908. The van der Waals surface area contributed by atoms with Crippen LogP contribution in [0.1, 0.15) is 13.8 Å². The molecule has 0 aliphatic carbocycles. The second kappa shape index (κ2) is 9.36. The Morgan fingerprint density at radius 1 is 1.33 bits per heavy atom. The van der Waals surface area contributed by atoms with E-state index in [-0.39, 0.29) is 46.1 Å². The molecule has 3 heteroatoms. The van der Waals surface area contributed by atoms with Crippen LogP contribution in [0.5, 0.6) is 0 Å². The van der Waals surface area contributed by atoms with Gasteiger partial charge in [0, 0.05) is 40.3 Å². The number of Topliss-reactive ketones (excluding diaryl/α,β-unsaturated/α-hetero) is 1. The molecular formula is C3H6OTiV. The van der Waals surface area contributed by atoms with Crippen LogP contribution in [-0.4, -0.2) is 5.78 Å². The number of hydrogen-bond acceptors (Lipinski definition) is 1. The summed E-state index contributed by atoms with van der Waals surface area (Å²) in [7, 11) is 0. The second-order valence-corrected chi connectivity index (χ2v) is 0.908. The number of ketones is 1. The minimum Gasteiger partial charge on any atom is -0.300 e. The molecule has 0 aromatic carbocycles. The molecule has 0 bridgehead atoms. The third-order valence-electron chi connectivity index (χ3n) is 0. The molecule has 0 amide bonds. The number of rotatable bonds is 0. The largest absolute Gasteiger partial charge is 0.300 e. The van der Waals surface area contributed by atoms with Crippen LogP contribution in [0.15, 0.2) is 0 Å². The maximum Gasteiger partial charge on any atom is 0.126 e. The molecule has 0 unspecified atom stereocenters. The fourth-order valence-electron chi connectivity index (χ4n) is 0. The summed E-state index contributed by atoms with van der Waals surface area (Å²) in [6.07, 6.45) is 0. The molecule has 6 heavy (non-hydrogen) atoms. The van der Waals surface area contributed by atoms with Crippen LogP contribution < -0.4 is 0 Å². The average molecular weight is 157 g/mol. The third-order valence-corrected chi connectivity index (χ3v) is 0. The molecule has 33 valence electrons. The van der Waals surface area contributed by atoms with E-state index in [1.54, 1.807) is 0 Å². The predicted molar refractivity (Wildman–Crippen MR) is 16.4 cm³/mol. The molecule has 0 aromatic rings. The normalized spacial score (nSPS) is 4.33. The monoisotopic (exact) mass is 157 g/mol. The van der Waals surface area contributed by atoms with E-state index in [0.29, 0.717) is 0 Å². The van der Waals surface area contributed by atoms with E-state index in [9.17, 15) is 4.79 Å². The van der Waals surface area contributed by atoms with Gasteiger partial charge in [-0.1, -0.05) is 0 Å². The van der Waals surface area contributed by atoms with Crippen LogP contribution in [0.3, 0.4) is 0 Å². The Morgan fingerprint density at radius 2 is 1.33 bits per heavy atom. The predicted octanol–water partition coefficient (Wildman–Crippen LogP) is 0.590. The molecule has 1 nitrogen and oxygen atoms in total. The molecule has 0 aliphatic rings. The Labute approximate surface area is 64.6 Å². The standard InChI is InChI=1S/C3H6O.Ti.V/c1-3(2)4;;/h1-2H3;;. The first-order valence-corrected chi connectivity index (χ1v) is 1.20. The van der Waals surface area contributed by atoms with E-state index in [4.69, 9.17) is 0 Å². The molecule has 0 fully saturated rings. The van der Waals surface area contributed by atoms with E-state index in [1.807, 2.05) is 0 Å². The molecule has 0 saturated carbocycles. The molecule has 0 heterocycles. The van der Waals surface area contributed by atoms with Crippen molar-refractivity contribution in [3.05, 3.63) is 0 Å². The van der Waals surface area contributed by atoms with E-state index in [0.717, 1.165) is 0 Å². The van der Waals surface area contributed by atoms with E-state index in [2.05, 4.69) is 0 Å². The van der Waals surface area contributed by atoms with Gasteiger partial charge < -0.3 is 4.79 Å². The van der Waals surface area contributed by atoms with Gasteiger partial charge in [0.25, 0.3) is 0 Å². The minimum absolute atomic E-state index is 0. The summed E-state index contributed by atoms with van der Waals surface area (Å²) in [6.45, 7) is 3.06. The Hall–Kier alpha value is 0.969. The number of carbonyl (C=O) groups is 1. The molecule has 0 saturated heterocycles. The molecule has 0 atom stereocenters. The van der Waals surface area contributed by atoms with Crippen molar-refractivity contribution >= 4 is 5.78 Å². The summed E-state index contributed by atoms with van der Waals surface area (Å²) in [5.74, 6) is 0.167. The van der Waals surface area contributed by atoms with Crippen LogP contribution in [0, 0.1) is 0 Å². The third kappa shape index (κ3) is 83.4. The van der Waals surface area contributed by atoms with E-state index < -0.39 is 0 Å². The Bertz CT molecular complexity index is 33.8. The summed E-state index contributed by atoms with van der Waals surface area (Å²) >= 11 is 0. The van der Waals surface area contributed by atoms with Gasteiger partial charge in [-0.15, -0.1) is 0 Å². The van der Waals surface area contributed by atoms with Gasteiger partial charge in [0.2, 0.25) is 0 Å². The van der Waals surface area contributed by atoms with Crippen LogP contribution in [0.25, 0.3) is 0 Å². The summed E-state index contributed by atoms with van der Waals surface area (Å²) < 4.78 is 0. The molecule has 0 aliphatic heterocycles. The van der Waals surface area contributed by atoms with Gasteiger partial charge >= 0.3 is 0 Å². The topological polar surface area (TPSA) is 17.1 Å². The van der Waals surface area contributed by atoms with E-state index >= 15 is 0 Å². The van der Waals surface area contributed by atoms with Gasteiger partial charge in [-0.3, -0.25) is 0 Å². The molecular weight excluding hydrogens is 151 g/mol. The zero-order valence-electron chi connectivity index (χ0n) is 3.86. The Morgan fingerprint density at radius 3 is 1.33 bits per heavy atom. The Balaban J connectivity index is -0.0000000450. The maximum absolute atomic E-state index is 9.44. The summed E-state index contributed by atoms with van der Waals surface area (Å²) in [5.41, 5.74) is 0. The zero-order chi connectivity index (χ0) is 3.58. The SMILES string of the molecule is CC(C)=O.[Ti].[V]. The van der Waals surface area contributed by atoms with Crippen molar-refractivity contribution in [3.8, 4) is 0 Å². The van der Waals surface area contributed by atoms with Crippen LogP contribution >= 0.6 is 0 Å². The van der Waals surface area contributed by atoms with Crippen molar-refractivity contribution < 1.29 is 45.1 Å². The fraction of sp³-hybridized carbons (Fsp3) is 0.667. The number of hydrogen-bond donors (Lipinski definition) is 0. The van der Waals surface area contributed by atoms with Crippen molar-refractivity contribution in [2.45, 2.75) is 13.8 Å². The quantitative estimate of drug-likeness (QED) is 0.470. The molecule has 1 radical (unpaired) electrons. The van der Waals surface area contributed by atoms with Gasteiger partial charge in [0.05, 0.1) is 0 Å². The first-order chi connectivity index (χ1) is 1.73. The first kappa shape index (κ1) is 15.8. The summed E-state index contributed by atoms with van der Waals surface area (Å²) in [4.78, 5) is 9.44. The van der Waals surface area contributed by atoms with Gasteiger partial charge in [0.15, 0.2) is 0 Å². The summed E-state index contributed by atoms with van der Waals surface area (Å²) in [5, 5.41) is 0. The van der Waals surface area contributed by atoms with Gasteiger partial charge in [0.1, 0.15) is 5.78 Å². The fourth-order valence-corrected chi connectivity index (χ4v) is 0. The average Bonchev–Trinajstić information content (AvgIpc) is 0.811. The molecule has 0 aromatic heterocycles. The van der Waals surface area contributed by atoms with Crippen LogP contribution in [-0.2, 0) is 45.1 Å². The van der Waals surface area contributed by atoms with Crippen LogP contribution in [0.2, 0.25) is 0 Å². The van der Waals surface area contributed by atoms with Gasteiger partial charge in [-0.2, -0.15) is 0 Å². The van der Waals surface area contributed by atoms with Crippen molar-refractivity contribution in [3.63, 3.8) is 0 Å². The van der Waals surface area contributed by atoms with Gasteiger partial charge in [-0.05, 0) is 13.8 Å². The smallest absolute Gasteiger partial charge is 0.126 e. The number of carbonyl (C=O) groups excluding carboxylic acids is 1. The van der Waals surface area contributed by atoms with Crippen molar-refractivity contribution in [2.24, 2.45) is 0 Å². The first-order valence-electron chi connectivity index (χ1n) is 1.20. The molecule has 0 spiro atoms. The Kier molecular flexibility index (Phi) is 24.6. The van der Waals surface area contributed by atoms with Gasteiger partial charge in [-0.25, -0.2) is 0 Å². The summed E-state index contributed by atoms with van der Waals surface area (Å²) in [6, 6.07) is 0. The minimum atomic E-state index is 0. The molecule has 0 N–H and O–H groups in total. The molecule has 0 rings (SSSR count).